The third-order valence-corrected chi connectivity index (χ3v) is 6.83. The molecule has 0 saturated heterocycles. The molecule has 0 saturated carbocycles. The lowest BCUT2D eigenvalue weighted by atomic mass is 10.1. The molecule has 0 spiro atoms. The van der Waals surface area contributed by atoms with E-state index in [1.807, 2.05) is 0 Å². The van der Waals surface area contributed by atoms with Crippen molar-refractivity contribution < 1.29 is 21.6 Å². The van der Waals surface area contributed by atoms with Gasteiger partial charge in [0.15, 0.2) is 9.84 Å². The van der Waals surface area contributed by atoms with Gasteiger partial charge in [0.05, 0.1) is 10.5 Å². The minimum atomic E-state index is -4.57. The molecule has 10 heteroatoms. The summed E-state index contributed by atoms with van der Waals surface area (Å²) >= 11 is 1.15. The number of nitrogens with zero attached hydrogens (tertiary/aromatic N) is 2. The Morgan fingerprint density at radius 1 is 1.11 bits per heavy atom. The van der Waals surface area contributed by atoms with Crippen molar-refractivity contribution in [1.82, 2.24) is 10.2 Å². The van der Waals surface area contributed by atoms with Crippen LogP contribution in [0.3, 0.4) is 0 Å². The Hall–Kier alpha value is -2.72. The van der Waals surface area contributed by atoms with Gasteiger partial charge in [0.1, 0.15) is 10.3 Å². The van der Waals surface area contributed by atoms with Gasteiger partial charge in [0.25, 0.3) is 0 Å². The first-order chi connectivity index (χ1) is 13.1. The summed E-state index contributed by atoms with van der Waals surface area (Å²) in [5.74, 6) is 0. The molecule has 1 atom stereocenters. The monoisotopic (exact) mass is 425 g/mol. The summed E-state index contributed by atoms with van der Waals surface area (Å²) in [5.41, 5.74) is 5.24. The molecule has 0 aliphatic carbocycles. The zero-order valence-corrected chi connectivity index (χ0v) is 15.9. The van der Waals surface area contributed by atoms with Crippen LogP contribution in [0.5, 0.6) is 0 Å². The Labute approximate surface area is 163 Å². The van der Waals surface area contributed by atoms with E-state index < -0.39 is 26.8 Å². The number of alkyl halides is 3. The van der Waals surface area contributed by atoms with Crippen LogP contribution in [0.15, 0.2) is 66.1 Å². The van der Waals surface area contributed by atoms with Gasteiger partial charge in [-0.1, -0.05) is 47.7 Å². The van der Waals surface area contributed by atoms with Crippen molar-refractivity contribution >= 4 is 26.3 Å². The van der Waals surface area contributed by atoms with Crippen molar-refractivity contribution in [3.63, 3.8) is 0 Å². The maximum atomic E-state index is 13.0. The largest absolute Gasteiger partial charge is 0.416 e. The fourth-order valence-corrected chi connectivity index (χ4v) is 4.80. The molecule has 0 fully saturated rings. The van der Waals surface area contributed by atoms with Gasteiger partial charge in [-0.3, -0.25) is 0 Å². The van der Waals surface area contributed by atoms with Crippen LogP contribution in [0.4, 0.5) is 18.3 Å². The molecule has 1 aromatic heterocycles. The van der Waals surface area contributed by atoms with Gasteiger partial charge >= 0.3 is 6.18 Å². The lowest BCUT2D eigenvalue weighted by Crippen LogP contribution is -2.13. The van der Waals surface area contributed by atoms with Crippen LogP contribution < -0.4 is 5.73 Å². The van der Waals surface area contributed by atoms with Gasteiger partial charge < -0.3 is 5.73 Å². The molecule has 5 nitrogen and oxygen atoms in total. The van der Waals surface area contributed by atoms with Crippen LogP contribution in [0, 0.1) is 0 Å². The van der Waals surface area contributed by atoms with Crippen molar-refractivity contribution in [2.45, 2.75) is 16.3 Å². The molecule has 0 amide bonds. The van der Waals surface area contributed by atoms with Gasteiger partial charge in [-0.25, -0.2) is 8.42 Å². The SMILES string of the molecule is C=CC(c1cccc(C(F)(F)F)c1)S(=O)(=O)c1ccc(-c2nnc(N)s2)cc1. The maximum Gasteiger partial charge on any atom is 0.416 e. The van der Waals surface area contributed by atoms with Crippen LogP contribution in [0.2, 0.25) is 0 Å². The zero-order chi connectivity index (χ0) is 20.5. The number of sulfone groups is 1. The molecule has 1 unspecified atom stereocenters. The lowest BCUT2D eigenvalue weighted by molar-refractivity contribution is -0.137. The molecular weight excluding hydrogens is 411 g/mol. The third-order valence-electron chi connectivity index (χ3n) is 3.96. The third kappa shape index (κ3) is 3.92. The van der Waals surface area contributed by atoms with Crippen LogP contribution in [-0.2, 0) is 16.0 Å². The van der Waals surface area contributed by atoms with E-state index in [2.05, 4.69) is 16.8 Å². The van der Waals surface area contributed by atoms with E-state index in [1.54, 1.807) is 12.1 Å². The molecule has 1 heterocycles. The summed E-state index contributed by atoms with van der Waals surface area (Å²) in [4.78, 5) is -0.0453. The maximum absolute atomic E-state index is 13.0. The van der Waals surface area contributed by atoms with Crippen LogP contribution in [0.1, 0.15) is 16.4 Å². The first-order valence-corrected chi connectivity index (χ1v) is 10.2. The Morgan fingerprint density at radius 3 is 2.32 bits per heavy atom. The summed E-state index contributed by atoms with van der Waals surface area (Å²) in [7, 11) is -4.00. The Bertz CT molecular complexity index is 1110. The quantitative estimate of drug-likeness (QED) is 0.608. The van der Waals surface area contributed by atoms with Gasteiger partial charge in [-0.05, 0) is 23.8 Å². The van der Waals surface area contributed by atoms with Crippen LogP contribution in [0.25, 0.3) is 10.6 Å². The Morgan fingerprint density at radius 2 is 1.79 bits per heavy atom. The minimum Gasteiger partial charge on any atom is -0.374 e. The van der Waals surface area contributed by atoms with E-state index in [1.165, 1.54) is 24.3 Å². The molecule has 2 aromatic carbocycles. The number of hydrogen-bond acceptors (Lipinski definition) is 6. The van der Waals surface area contributed by atoms with Crippen molar-refractivity contribution in [2.24, 2.45) is 0 Å². The summed E-state index contributed by atoms with van der Waals surface area (Å²) in [6.45, 7) is 3.50. The smallest absolute Gasteiger partial charge is 0.374 e. The second-order valence-corrected chi connectivity index (χ2v) is 8.87. The van der Waals surface area contributed by atoms with E-state index in [0.717, 1.165) is 29.5 Å². The average Bonchev–Trinajstić information content (AvgIpc) is 3.08. The van der Waals surface area contributed by atoms with Gasteiger partial charge in [0.2, 0.25) is 5.13 Å². The molecular formula is C18H14F3N3O2S2. The molecule has 2 N–H and O–H groups in total. The normalized spacial score (nSPS) is 13.2. The number of aromatic nitrogens is 2. The number of halogens is 3. The number of anilines is 1. The minimum absolute atomic E-state index is 0.00852. The molecule has 3 aromatic rings. The highest BCUT2D eigenvalue weighted by Crippen LogP contribution is 2.35. The van der Waals surface area contributed by atoms with E-state index in [4.69, 9.17) is 5.73 Å². The van der Waals surface area contributed by atoms with E-state index in [0.29, 0.717) is 10.6 Å². The van der Waals surface area contributed by atoms with Crippen LogP contribution >= 0.6 is 11.3 Å². The average molecular weight is 425 g/mol. The predicted molar refractivity (Wildman–Crippen MR) is 101 cm³/mol. The topological polar surface area (TPSA) is 85.9 Å². The first kappa shape index (κ1) is 20.0. The number of nitrogen functional groups attached to an aromatic ring is 1. The molecule has 0 radical (unpaired) electrons. The van der Waals surface area contributed by atoms with Crippen LogP contribution in [-0.4, -0.2) is 18.6 Å². The standard InChI is InChI=1S/C18H14F3N3O2S2/c1-2-15(12-4-3-5-13(10-12)18(19,20)21)28(25,26)14-8-6-11(7-9-14)16-23-24-17(22)27-16/h2-10,15H,1H2,(H2,22,24). The fraction of sp³-hybridized carbons (Fsp3) is 0.111. The van der Waals surface area contributed by atoms with Crippen molar-refractivity contribution in [1.29, 1.82) is 0 Å². The van der Waals surface area contributed by atoms with Gasteiger partial charge in [0, 0.05) is 5.56 Å². The first-order valence-electron chi connectivity index (χ1n) is 7.86. The second kappa shape index (κ2) is 7.36. The van der Waals surface area contributed by atoms with E-state index in [9.17, 15) is 21.6 Å². The predicted octanol–water partition coefficient (Wildman–Crippen LogP) is 4.51. The van der Waals surface area contributed by atoms with Crippen molar-refractivity contribution in [3.8, 4) is 10.6 Å². The lowest BCUT2D eigenvalue weighted by Gasteiger charge is -2.16. The summed E-state index contributed by atoms with van der Waals surface area (Å²) in [6.07, 6.45) is -3.46. The highest BCUT2D eigenvalue weighted by atomic mass is 32.2. The highest BCUT2D eigenvalue weighted by molar-refractivity contribution is 7.91. The summed E-state index contributed by atoms with van der Waals surface area (Å²) in [5, 5.41) is 7.06. The zero-order valence-electron chi connectivity index (χ0n) is 14.2. The van der Waals surface area contributed by atoms with Crippen molar-refractivity contribution in [3.05, 3.63) is 72.3 Å². The molecule has 3 rings (SSSR count). The number of rotatable bonds is 5. The Kier molecular flexibility index (Phi) is 5.26. The molecule has 146 valence electrons. The fourth-order valence-electron chi connectivity index (χ4n) is 2.62. The summed E-state index contributed by atoms with van der Waals surface area (Å²) < 4.78 is 64.9. The second-order valence-electron chi connectivity index (χ2n) is 5.79. The van der Waals surface area contributed by atoms with Crippen molar-refractivity contribution in [2.75, 3.05) is 5.73 Å². The van der Waals surface area contributed by atoms with E-state index >= 15 is 0 Å². The molecule has 0 bridgehead atoms. The highest BCUT2D eigenvalue weighted by Gasteiger charge is 2.33. The molecule has 28 heavy (non-hydrogen) atoms. The Balaban J connectivity index is 1.97. The number of benzene rings is 2. The number of nitrogens with two attached hydrogens (primary N) is 1. The summed E-state index contributed by atoms with van der Waals surface area (Å²) in [6, 6.07) is 10.0. The van der Waals surface area contributed by atoms with Gasteiger partial charge in [-0.2, -0.15) is 13.2 Å². The molecule has 0 aliphatic heterocycles. The number of hydrogen-bond donors (Lipinski definition) is 1. The van der Waals surface area contributed by atoms with Gasteiger partial charge in [-0.15, -0.1) is 16.8 Å². The van der Waals surface area contributed by atoms with E-state index in [-0.39, 0.29) is 15.6 Å². The molecule has 0 aliphatic rings.